The number of allylic oxidation sites excluding steroid dienone is 1. The number of carbonyl (C=O) groups is 3. The van der Waals surface area contributed by atoms with Crippen LogP contribution in [0.4, 0.5) is 0 Å². The molecule has 7 nitrogen and oxygen atoms in total. The molecule has 0 saturated heterocycles. The molecule has 0 bridgehead atoms. The molecule has 0 aliphatic carbocycles. The number of esters is 1. The van der Waals surface area contributed by atoms with Crippen molar-refractivity contribution in [3.05, 3.63) is 91.2 Å². The van der Waals surface area contributed by atoms with E-state index in [1.807, 2.05) is 0 Å². The first-order valence-corrected chi connectivity index (χ1v) is 11.7. The van der Waals surface area contributed by atoms with E-state index in [1.165, 1.54) is 17.9 Å². The number of hydrogen-bond donors (Lipinski definition) is 2. The van der Waals surface area contributed by atoms with E-state index in [0.717, 1.165) is 0 Å². The lowest BCUT2D eigenvalue weighted by Crippen LogP contribution is -2.38. The molecule has 1 unspecified atom stereocenters. The van der Waals surface area contributed by atoms with Crippen LogP contribution < -0.4 is 0 Å². The lowest BCUT2D eigenvalue weighted by Gasteiger charge is -2.37. The molecule has 0 saturated carbocycles. The fraction of sp³-hybridized carbons (Fsp3) is 0.240. The summed E-state index contributed by atoms with van der Waals surface area (Å²) in [6, 6.07) is 11.2. The average Bonchev–Trinajstić information content (AvgIpc) is 2.76. The quantitative estimate of drug-likeness (QED) is 0.423. The Bertz CT molecular complexity index is 1270. The Labute approximate surface area is 217 Å². The van der Waals surface area contributed by atoms with Gasteiger partial charge in [0.25, 0.3) is 0 Å². The lowest BCUT2D eigenvalue weighted by atomic mass is 9.79. The van der Waals surface area contributed by atoms with Crippen molar-refractivity contribution >= 4 is 52.7 Å². The number of carboxylic acid groups (broad SMARTS) is 2. The van der Waals surface area contributed by atoms with Crippen molar-refractivity contribution in [3.63, 3.8) is 0 Å². The van der Waals surface area contributed by atoms with Gasteiger partial charge in [-0.25, -0.2) is 14.4 Å². The summed E-state index contributed by atoms with van der Waals surface area (Å²) in [7, 11) is 0. The highest BCUT2D eigenvalue weighted by Gasteiger charge is 2.44. The molecular formula is C25H22Cl3NO6. The molecule has 2 aromatic rings. The van der Waals surface area contributed by atoms with Crippen LogP contribution in [-0.2, 0) is 25.7 Å². The molecule has 0 fully saturated rings. The molecule has 3 rings (SSSR count). The van der Waals surface area contributed by atoms with Crippen molar-refractivity contribution in [2.45, 2.75) is 39.3 Å². The Morgan fingerprint density at radius 3 is 2.14 bits per heavy atom. The Hall–Kier alpha value is -3.00. The van der Waals surface area contributed by atoms with Crippen LogP contribution in [0.1, 0.15) is 37.8 Å². The predicted molar refractivity (Wildman–Crippen MR) is 132 cm³/mol. The third-order valence-corrected chi connectivity index (χ3v) is 6.67. The molecule has 2 aromatic carbocycles. The standard InChI is InChI=1S/C25H22Cl3NO6/c1-12(2)35-25(34)18-13(3)29(11-14-7-6-10-17(27)21(14)28)22(24(32)33)20(23(30)31)19(18)15-8-4-5-9-16(15)26/h4-10,12,19H,11H2,1-3H3,(H,30,31)(H,32,33). The SMILES string of the molecule is CC1=C(C(=O)OC(C)C)C(c2ccccc2Cl)C(C(=O)O)=C(C(=O)O)N1Cc1cccc(Cl)c1Cl. The van der Waals surface area contributed by atoms with Gasteiger partial charge in [0.05, 0.1) is 33.2 Å². The van der Waals surface area contributed by atoms with Crippen molar-refractivity contribution < 1.29 is 29.3 Å². The number of halogens is 3. The summed E-state index contributed by atoms with van der Waals surface area (Å²) in [6.45, 7) is 4.68. The number of hydrogen-bond acceptors (Lipinski definition) is 5. The topological polar surface area (TPSA) is 104 Å². The predicted octanol–water partition coefficient (Wildman–Crippen LogP) is 5.90. The number of nitrogens with zero attached hydrogens (tertiary/aromatic N) is 1. The maximum absolute atomic E-state index is 13.3. The second-order valence-electron chi connectivity index (χ2n) is 8.08. The van der Waals surface area contributed by atoms with E-state index >= 15 is 0 Å². The van der Waals surface area contributed by atoms with Gasteiger partial charge in [0.15, 0.2) is 0 Å². The summed E-state index contributed by atoms with van der Waals surface area (Å²) >= 11 is 18.9. The highest BCUT2D eigenvalue weighted by Crippen LogP contribution is 2.45. The number of carbonyl (C=O) groups excluding carboxylic acids is 1. The van der Waals surface area contributed by atoms with Crippen LogP contribution in [0, 0.1) is 0 Å². The summed E-state index contributed by atoms with van der Waals surface area (Å²) in [4.78, 5) is 39.6. The summed E-state index contributed by atoms with van der Waals surface area (Å²) in [6.07, 6.45) is -0.511. The summed E-state index contributed by atoms with van der Waals surface area (Å²) in [5, 5.41) is 21.0. The number of aliphatic carboxylic acids is 2. The van der Waals surface area contributed by atoms with Crippen molar-refractivity contribution in [3.8, 4) is 0 Å². The number of rotatable bonds is 7. The van der Waals surface area contributed by atoms with Gasteiger partial charge in [0.1, 0.15) is 5.70 Å². The number of carboxylic acids is 2. The molecule has 0 aromatic heterocycles. The number of ether oxygens (including phenoxy) is 1. The van der Waals surface area contributed by atoms with Gasteiger partial charge in [-0.15, -0.1) is 0 Å². The molecule has 10 heteroatoms. The second kappa shape index (κ2) is 10.7. The smallest absolute Gasteiger partial charge is 0.353 e. The first-order chi connectivity index (χ1) is 16.5. The van der Waals surface area contributed by atoms with Crippen molar-refractivity contribution in [2.24, 2.45) is 0 Å². The summed E-state index contributed by atoms with van der Waals surface area (Å²) < 4.78 is 5.44. The average molecular weight is 539 g/mol. The van der Waals surface area contributed by atoms with Crippen LogP contribution in [0.3, 0.4) is 0 Å². The van der Waals surface area contributed by atoms with E-state index in [9.17, 15) is 24.6 Å². The van der Waals surface area contributed by atoms with Gasteiger partial charge in [-0.05, 0) is 44.0 Å². The molecule has 1 atom stereocenters. The van der Waals surface area contributed by atoms with E-state index in [4.69, 9.17) is 39.5 Å². The van der Waals surface area contributed by atoms with Gasteiger partial charge < -0.3 is 19.8 Å². The maximum Gasteiger partial charge on any atom is 0.353 e. The molecule has 1 aliphatic heterocycles. The Balaban J connectivity index is 2.36. The highest BCUT2D eigenvalue weighted by atomic mass is 35.5. The van der Waals surface area contributed by atoms with E-state index in [0.29, 0.717) is 5.56 Å². The van der Waals surface area contributed by atoms with Crippen LogP contribution >= 0.6 is 34.8 Å². The normalized spacial score (nSPS) is 16.1. The molecule has 1 heterocycles. The molecular weight excluding hydrogens is 517 g/mol. The Kier molecular flexibility index (Phi) is 8.15. The first kappa shape index (κ1) is 26.6. The van der Waals surface area contributed by atoms with Gasteiger partial charge in [-0.3, -0.25) is 0 Å². The largest absolute Gasteiger partial charge is 0.478 e. The minimum atomic E-state index is -1.52. The van der Waals surface area contributed by atoms with Crippen LogP contribution in [0.25, 0.3) is 0 Å². The minimum Gasteiger partial charge on any atom is -0.478 e. The number of benzene rings is 2. The van der Waals surface area contributed by atoms with Gasteiger partial charge >= 0.3 is 17.9 Å². The highest BCUT2D eigenvalue weighted by molar-refractivity contribution is 6.42. The van der Waals surface area contributed by atoms with Crippen molar-refractivity contribution in [2.75, 3.05) is 0 Å². The second-order valence-corrected chi connectivity index (χ2v) is 9.27. The molecule has 0 spiro atoms. The van der Waals surface area contributed by atoms with E-state index < -0.39 is 41.2 Å². The van der Waals surface area contributed by atoms with Crippen LogP contribution in [0.15, 0.2) is 65.0 Å². The summed E-state index contributed by atoms with van der Waals surface area (Å²) in [5.41, 5.74) is -0.177. The lowest BCUT2D eigenvalue weighted by molar-refractivity contribution is -0.143. The van der Waals surface area contributed by atoms with Crippen LogP contribution in [0.2, 0.25) is 15.1 Å². The molecule has 184 valence electrons. The fourth-order valence-corrected chi connectivity index (χ4v) is 4.63. The van der Waals surface area contributed by atoms with Gasteiger partial charge in [0.2, 0.25) is 0 Å². The van der Waals surface area contributed by atoms with E-state index in [-0.39, 0.29) is 38.4 Å². The zero-order chi connectivity index (χ0) is 26.0. The summed E-state index contributed by atoms with van der Waals surface area (Å²) in [5.74, 6) is -5.08. The molecule has 0 amide bonds. The van der Waals surface area contributed by atoms with Crippen molar-refractivity contribution in [1.29, 1.82) is 0 Å². The Morgan fingerprint density at radius 1 is 0.943 bits per heavy atom. The van der Waals surface area contributed by atoms with Gasteiger partial charge in [-0.2, -0.15) is 0 Å². The van der Waals surface area contributed by atoms with Crippen LogP contribution in [0.5, 0.6) is 0 Å². The monoisotopic (exact) mass is 537 g/mol. The molecule has 2 N–H and O–H groups in total. The molecule has 1 aliphatic rings. The maximum atomic E-state index is 13.3. The van der Waals surface area contributed by atoms with E-state index in [2.05, 4.69) is 0 Å². The van der Waals surface area contributed by atoms with Crippen LogP contribution in [-0.4, -0.2) is 39.1 Å². The zero-order valence-electron chi connectivity index (χ0n) is 19.0. The molecule has 35 heavy (non-hydrogen) atoms. The van der Waals surface area contributed by atoms with Gasteiger partial charge in [-0.1, -0.05) is 65.1 Å². The van der Waals surface area contributed by atoms with E-state index in [1.54, 1.807) is 50.2 Å². The fourth-order valence-electron chi connectivity index (χ4n) is 4.01. The first-order valence-electron chi connectivity index (χ1n) is 10.5. The van der Waals surface area contributed by atoms with Crippen molar-refractivity contribution in [1.82, 2.24) is 4.90 Å². The van der Waals surface area contributed by atoms with Gasteiger partial charge in [0, 0.05) is 17.3 Å². The minimum absolute atomic E-state index is 0.0349. The third-order valence-electron chi connectivity index (χ3n) is 5.47. The Morgan fingerprint density at radius 2 is 1.57 bits per heavy atom. The zero-order valence-corrected chi connectivity index (χ0v) is 21.3. The third kappa shape index (κ3) is 5.32. The molecule has 0 radical (unpaired) electrons.